The van der Waals surface area contributed by atoms with Crippen LogP contribution >= 0.6 is 0 Å². The second-order valence-electron chi connectivity index (χ2n) is 6.25. The number of hydrogen-bond donors (Lipinski definition) is 1. The number of nitro benzene ring substituents is 1. The van der Waals surface area contributed by atoms with Crippen molar-refractivity contribution in [1.82, 2.24) is 9.78 Å². The molecule has 2 aromatic carbocycles. The van der Waals surface area contributed by atoms with E-state index in [4.69, 9.17) is 0 Å². The molecule has 14 heteroatoms. The fourth-order valence-electron chi connectivity index (χ4n) is 2.67. The van der Waals surface area contributed by atoms with Gasteiger partial charge in [0.1, 0.15) is 11.4 Å². The summed E-state index contributed by atoms with van der Waals surface area (Å²) in [7, 11) is 0. The number of nitro groups is 1. The molecule has 0 bridgehead atoms. The van der Waals surface area contributed by atoms with Crippen molar-refractivity contribution >= 4 is 17.3 Å². The van der Waals surface area contributed by atoms with Gasteiger partial charge in [0.25, 0.3) is 11.6 Å². The highest BCUT2D eigenvalue weighted by molar-refractivity contribution is 6.07. The molecule has 0 aliphatic rings. The Morgan fingerprint density at radius 3 is 2.31 bits per heavy atom. The Morgan fingerprint density at radius 2 is 1.72 bits per heavy atom. The predicted molar refractivity (Wildman–Crippen MR) is 94.6 cm³/mol. The number of nitrogens with zero attached hydrogens (tertiary/aromatic N) is 3. The van der Waals surface area contributed by atoms with E-state index in [1.54, 1.807) is 5.32 Å². The SMILES string of the molecule is O=C(Nc1cn(-c2cccc(C(F)(F)F)c2)nc1C(F)(F)F)c1cc(F)ccc1[N+](=O)[O-]. The lowest BCUT2D eigenvalue weighted by atomic mass is 10.1. The van der Waals surface area contributed by atoms with E-state index in [1.165, 1.54) is 0 Å². The van der Waals surface area contributed by atoms with Crippen LogP contribution in [0.4, 0.5) is 42.1 Å². The van der Waals surface area contributed by atoms with E-state index >= 15 is 0 Å². The van der Waals surface area contributed by atoms with E-state index in [0.29, 0.717) is 41.2 Å². The van der Waals surface area contributed by atoms with Gasteiger partial charge >= 0.3 is 12.4 Å². The van der Waals surface area contributed by atoms with Gasteiger partial charge in [0.2, 0.25) is 0 Å². The molecule has 1 heterocycles. The Hall–Kier alpha value is -3.97. The maximum absolute atomic E-state index is 13.4. The third kappa shape index (κ3) is 4.68. The van der Waals surface area contributed by atoms with E-state index in [-0.39, 0.29) is 0 Å². The van der Waals surface area contributed by atoms with E-state index in [9.17, 15) is 45.6 Å². The first-order valence-electron chi connectivity index (χ1n) is 8.37. The van der Waals surface area contributed by atoms with Crippen LogP contribution in [-0.2, 0) is 12.4 Å². The highest BCUT2D eigenvalue weighted by Gasteiger charge is 2.39. The molecule has 0 saturated heterocycles. The van der Waals surface area contributed by atoms with Crippen molar-refractivity contribution in [2.24, 2.45) is 0 Å². The predicted octanol–water partition coefficient (Wildman–Crippen LogP) is 5.21. The molecule has 1 amide bonds. The zero-order chi connectivity index (χ0) is 23.8. The zero-order valence-corrected chi connectivity index (χ0v) is 15.3. The number of hydrogen-bond acceptors (Lipinski definition) is 4. The van der Waals surface area contributed by atoms with E-state index in [1.807, 2.05) is 0 Å². The Balaban J connectivity index is 2.05. The number of amides is 1. The molecule has 0 spiro atoms. The minimum Gasteiger partial charge on any atom is -0.319 e. The van der Waals surface area contributed by atoms with Crippen LogP contribution in [0, 0.1) is 15.9 Å². The Labute approximate surface area is 173 Å². The number of carbonyl (C=O) groups is 1. The molecule has 168 valence electrons. The molecule has 32 heavy (non-hydrogen) atoms. The average molecular weight is 462 g/mol. The van der Waals surface area contributed by atoms with Crippen LogP contribution in [-0.4, -0.2) is 20.6 Å². The molecule has 0 aliphatic carbocycles. The molecule has 7 nitrogen and oxygen atoms in total. The fourth-order valence-corrected chi connectivity index (χ4v) is 2.67. The second kappa shape index (κ2) is 7.94. The van der Waals surface area contributed by atoms with E-state index in [2.05, 4.69) is 5.10 Å². The molecule has 1 N–H and O–H groups in total. The van der Waals surface area contributed by atoms with Crippen LogP contribution in [0.5, 0.6) is 0 Å². The number of carbonyl (C=O) groups excluding carboxylic acids is 1. The normalized spacial score (nSPS) is 12.0. The molecule has 0 aliphatic heterocycles. The molecular formula is C18H9F7N4O3. The number of anilines is 1. The quantitative estimate of drug-likeness (QED) is 0.328. The monoisotopic (exact) mass is 462 g/mol. The Kier molecular flexibility index (Phi) is 5.63. The summed E-state index contributed by atoms with van der Waals surface area (Å²) >= 11 is 0. The van der Waals surface area contributed by atoms with E-state index < -0.39 is 62.9 Å². The molecule has 0 radical (unpaired) electrons. The summed E-state index contributed by atoms with van der Waals surface area (Å²) in [5.41, 5.74) is -5.97. The van der Waals surface area contributed by atoms with Crippen LogP contribution in [0.2, 0.25) is 0 Å². The highest BCUT2D eigenvalue weighted by atomic mass is 19.4. The summed E-state index contributed by atoms with van der Waals surface area (Å²) in [6.45, 7) is 0. The largest absolute Gasteiger partial charge is 0.437 e. The minimum absolute atomic E-state index is 0.400. The van der Waals surface area contributed by atoms with Crippen molar-refractivity contribution in [1.29, 1.82) is 0 Å². The van der Waals surface area contributed by atoms with Gasteiger partial charge in [-0.1, -0.05) is 6.07 Å². The van der Waals surface area contributed by atoms with Crippen molar-refractivity contribution < 1.29 is 40.5 Å². The molecule has 0 unspecified atom stereocenters. The molecule has 0 saturated carbocycles. The first kappa shape index (κ1) is 22.7. The van der Waals surface area contributed by atoms with Crippen LogP contribution in [0.3, 0.4) is 0 Å². The highest BCUT2D eigenvalue weighted by Crippen LogP contribution is 2.36. The lowest BCUT2D eigenvalue weighted by Crippen LogP contribution is -2.17. The van der Waals surface area contributed by atoms with Gasteiger partial charge in [-0.25, -0.2) is 9.07 Å². The average Bonchev–Trinajstić information content (AvgIpc) is 3.11. The number of nitrogens with one attached hydrogen (secondary N) is 1. The summed E-state index contributed by atoms with van der Waals surface area (Å²) in [5.74, 6) is -2.51. The first-order valence-corrected chi connectivity index (χ1v) is 8.37. The molecule has 1 aromatic heterocycles. The number of rotatable bonds is 4. The van der Waals surface area contributed by atoms with Crippen molar-refractivity contribution in [3.05, 3.63) is 81.4 Å². The van der Waals surface area contributed by atoms with Gasteiger partial charge in [0.05, 0.1) is 28.1 Å². The van der Waals surface area contributed by atoms with Gasteiger partial charge in [-0.05, 0) is 30.3 Å². The summed E-state index contributed by atoms with van der Waals surface area (Å²) in [4.78, 5) is 22.4. The smallest absolute Gasteiger partial charge is 0.319 e. The third-order valence-corrected chi connectivity index (χ3v) is 4.07. The Bertz CT molecular complexity index is 1200. The summed E-state index contributed by atoms with van der Waals surface area (Å²) < 4.78 is 92.8. The molecule has 3 rings (SSSR count). The van der Waals surface area contributed by atoms with Crippen LogP contribution < -0.4 is 5.32 Å². The molecule has 0 atom stereocenters. The van der Waals surface area contributed by atoms with E-state index in [0.717, 1.165) is 12.1 Å². The summed E-state index contributed by atoms with van der Waals surface area (Å²) in [6.07, 6.45) is -9.34. The topological polar surface area (TPSA) is 90.1 Å². The van der Waals surface area contributed by atoms with Crippen molar-refractivity contribution in [2.75, 3.05) is 5.32 Å². The van der Waals surface area contributed by atoms with Gasteiger partial charge in [0.15, 0.2) is 5.69 Å². The maximum Gasteiger partial charge on any atom is 0.437 e. The van der Waals surface area contributed by atoms with Crippen molar-refractivity contribution in [3.8, 4) is 5.69 Å². The first-order chi connectivity index (χ1) is 14.8. The number of aromatic nitrogens is 2. The van der Waals surface area contributed by atoms with Crippen molar-refractivity contribution in [3.63, 3.8) is 0 Å². The van der Waals surface area contributed by atoms with Gasteiger partial charge in [0, 0.05) is 6.07 Å². The molecule has 0 fully saturated rings. The number of benzene rings is 2. The van der Waals surface area contributed by atoms with Gasteiger partial charge < -0.3 is 5.32 Å². The maximum atomic E-state index is 13.4. The zero-order valence-electron chi connectivity index (χ0n) is 15.3. The minimum atomic E-state index is -5.15. The third-order valence-electron chi connectivity index (χ3n) is 4.07. The number of alkyl halides is 6. The fraction of sp³-hybridized carbons (Fsp3) is 0.111. The van der Waals surface area contributed by atoms with Gasteiger partial charge in [-0.2, -0.15) is 31.4 Å². The molecular weight excluding hydrogens is 453 g/mol. The number of halogens is 7. The second-order valence-corrected chi connectivity index (χ2v) is 6.25. The summed E-state index contributed by atoms with van der Waals surface area (Å²) in [5, 5.41) is 16.0. The van der Waals surface area contributed by atoms with Crippen LogP contribution in [0.15, 0.2) is 48.7 Å². The summed E-state index contributed by atoms with van der Waals surface area (Å²) in [6, 6.07) is 5.02. The Morgan fingerprint density at radius 1 is 1.03 bits per heavy atom. The lowest BCUT2D eigenvalue weighted by molar-refractivity contribution is -0.385. The van der Waals surface area contributed by atoms with Gasteiger partial charge in [-0.15, -0.1) is 0 Å². The van der Waals surface area contributed by atoms with Crippen LogP contribution in [0.25, 0.3) is 5.69 Å². The van der Waals surface area contributed by atoms with Crippen LogP contribution in [0.1, 0.15) is 21.6 Å². The lowest BCUT2D eigenvalue weighted by Gasteiger charge is -2.08. The molecule has 3 aromatic rings. The van der Waals surface area contributed by atoms with Crippen molar-refractivity contribution in [2.45, 2.75) is 12.4 Å². The van der Waals surface area contributed by atoms with Gasteiger partial charge in [-0.3, -0.25) is 14.9 Å². The standard InChI is InChI=1S/C18H9F7N4O3/c19-10-4-5-14(29(31)32)12(7-10)16(30)26-13-8-28(27-15(13)18(23,24)25)11-3-1-2-9(6-11)17(20,21)22/h1-8H,(H,26,30).